The second kappa shape index (κ2) is 16.2. The highest BCUT2D eigenvalue weighted by molar-refractivity contribution is 5.82. The van der Waals surface area contributed by atoms with Crippen molar-refractivity contribution in [1.82, 2.24) is 10.2 Å². The zero-order chi connectivity index (χ0) is 23.9. The summed E-state index contributed by atoms with van der Waals surface area (Å²) in [4.78, 5) is 14.6. The van der Waals surface area contributed by atoms with Crippen molar-refractivity contribution < 1.29 is 4.79 Å². The first kappa shape index (κ1) is 28.6. The molecule has 1 rings (SSSR count). The van der Waals surface area contributed by atoms with E-state index in [2.05, 4.69) is 76.1 Å². The number of nitrogens with zero attached hydrogens (tertiary/aromatic N) is 1. The largest absolute Gasteiger partial charge is 0.311 e. The van der Waals surface area contributed by atoms with Crippen molar-refractivity contribution in [2.24, 2.45) is 0 Å². The Bertz CT molecular complexity index is 677. The van der Waals surface area contributed by atoms with Crippen molar-refractivity contribution in [2.45, 2.75) is 112 Å². The molecule has 0 aromatic heterocycles. The fourth-order valence-corrected chi connectivity index (χ4v) is 4.48. The summed E-state index contributed by atoms with van der Waals surface area (Å²) < 4.78 is 0. The molecule has 182 valence electrons. The fraction of sp³-hybridized carbons (Fsp3) is 0.690. The summed E-state index contributed by atoms with van der Waals surface area (Å²) in [5.74, 6) is 0.293. The second-order valence-corrected chi connectivity index (χ2v) is 9.95. The number of rotatable bonds is 14. The monoisotopic (exact) mass is 442 g/mol. The summed E-state index contributed by atoms with van der Waals surface area (Å²) in [6.45, 7) is 17.8. The van der Waals surface area contributed by atoms with Gasteiger partial charge in [-0.3, -0.25) is 9.69 Å². The van der Waals surface area contributed by atoms with Gasteiger partial charge in [0.2, 0.25) is 0 Å². The lowest BCUT2D eigenvalue weighted by atomic mass is 9.95. The molecule has 3 nitrogen and oxygen atoms in total. The lowest BCUT2D eigenvalue weighted by Crippen LogP contribution is -2.60. The summed E-state index contributed by atoms with van der Waals surface area (Å²) >= 11 is 0. The van der Waals surface area contributed by atoms with Crippen molar-refractivity contribution in [3.8, 4) is 0 Å². The molecular formula is C29H50N2O. The molecule has 0 aromatic carbocycles. The van der Waals surface area contributed by atoms with E-state index in [1.54, 1.807) is 6.92 Å². The van der Waals surface area contributed by atoms with Crippen LogP contribution in [-0.2, 0) is 4.79 Å². The molecule has 3 heteroatoms. The number of hydrogen-bond acceptors (Lipinski definition) is 3. The van der Waals surface area contributed by atoms with Crippen LogP contribution in [0, 0.1) is 0 Å². The molecular weight excluding hydrogens is 392 g/mol. The van der Waals surface area contributed by atoms with Gasteiger partial charge < -0.3 is 5.32 Å². The minimum absolute atomic E-state index is 0.0217. The van der Waals surface area contributed by atoms with Crippen molar-refractivity contribution in [3.63, 3.8) is 0 Å². The van der Waals surface area contributed by atoms with E-state index in [1.807, 2.05) is 0 Å². The van der Waals surface area contributed by atoms with Gasteiger partial charge in [-0.1, -0.05) is 59.9 Å². The Balaban J connectivity index is 2.42. The molecule has 1 fully saturated rings. The van der Waals surface area contributed by atoms with Crippen LogP contribution in [0.15, 0.2) is 46.6 Å². The number of carbonyl (C=O) groups is 1. The lowest BCUT2D eigenvalue weighted by molar-refractivity contribution is -0.124. The minimum atomic E-state index is 0.0217. The zero-order valence-electron chi connectivity index (χ0n) is 22.1. The quantitative estimate of drug-likeness (QED) is 0.290. The van der Waals surface area contributed by atoms with E-state index in [0.717, 1.165) is 64.6 Å². The van der Waals surface area contributed by atoms with E-state index in [1.165, 1.54) is 28.7 Å². The number of hydrogen-bond donors (Lipinski definition) is 1. The maximum absolute atomic E-state index is 12.3. The molecule has 1 aliphatic heterocycles. The van der Waals surface area contributed by atoms with Gasteiger partial charge in [-0.25, -0.2) is 0 Å². The molecule has 0 aromatic rings. The van der Waals surface area contributed by atoms with Crippen LogP contribution in [0.5, 0.6) is 0 Å². The Morgan fingerprint density at radius 3 is 1.88 bits per heavy atom. The average molecular weight is 443 g/mol. The third kappa shape index (κ3) is 12.0. The Morgan fingerprint density at radius 1 is 0.844 bits per heavy atom. The second-order valence-electron chi connectivity index (χ2n) is 9.95. The molecule has 0 spiro atoms. The average Bonchev–Trinajstić information content (AvgIpc) is 2.72. The fourth-order valence-electron chi connectivity index (χ4n) is 4.48. The topological polar surface area (TPSA) is 32.3 Å². The van der Waals surface area contributed by atoms with E-state index in [9.17, 15) is 4.79 Å². The number of piperazine rings is 1. The summed E-state index contributed by atoms with van der Waals surface area (Å²) in [6, 6.07) is 0.323. The number of carbonyl (C=O) groups excluding carboxylic acids is 1. The third-order valence-corrected chi connectivity index (χ3v) is 6.42. The van der Waals surface area contributed by atoms with Crippen molar-refractivity contribution in [2.75, 3.05) is 19.6 Å². The molecule has 2 atom stereocenters. The zero-order valence-corrected chi connectivity index (χ0v) is 22.1. The van der Waals surface area contributed by atoms with Gasteiger partial charge >= 0.3 is 0 Å². The number of Topliss-reactive ketones (excluding diaryl/α,β-unsaturated/α-hetero) is 1. The van der Waals surface area contributed by atoms with Crippen LogP contribution < -0.4 is 5.32 Å². The van der Waals surface area contributed by atoms with Gasteiger partial charge in [-0.15, -0.1) is 0 Å². The highest BCUT2D eigenvalue weighted by Crippen LogP contribution is 2.17. The van der Waals surface area contributed by atoms with Gasteiger partial charge in [0, 0.05) is 25.7 Å². The number of nitrogens with one attached hydrogen (secondary N) is 1. The summed E-state index contributed by atoms with van der Waals surface area (Å²) in [5.41, 5.74) is 5.84. The first-order chi connectivity index (χ1) is 15.2. The SMILES string of the molecule is CCCC1NCCN(C/C=C(\C)CC/C=C(\C)CC/C=C(\C)CCC=C(C)C)C1C(C)=O. The van der Waals surface area contributed by atoms with Gasteiger partial charge in [0.15, 0.2) is 0 Å². The molecule has 2 unspecified atom stereocenters. The van der Waals surface area contributed by atoms with Gasteiger partial charge in [-0.05, 0) is 86.5 Å². The molecule has 0 saturated carbocycles. The normalized spacial score (nSPS) is 21.0. The van der Waals surface area contributed by atoms with Gasteiger partial charge in [-0.2, -0.15) is 0 Å². The lowest BCUT2D eigenvalue weighted by Gasteiger charge is -2.40. The Hall–Kier alpha value is -1.45. The molecule has 32 heavy (non-hydrogen) atoms. The smallest absolute Gasteiger partial charge is 0.148 e. The Morgan fingerprint density at radius 2 is 1.38 bits per heavy atom. The van der Waals surface area contributed by atoms with Crippen molar-refractivity contribution in [3.05, 3.63) is 46.6 Å². The maximum atomic E-state index is 12.3. The van der Waals surface area contributed by atoms with Crippen LogP contribution in [0.3, 0.4) is 0 Å². The van der Waals surface area contributed by atoms with E-state index >= 15 is 0 Å². The summed E-state index contributed by atoms with van der Waals surface area (Å²) in [7, 11) is 0. The predicted octanol–water partition coefficient (Wildman–Crippen LogP) is 7.16. The molecule has 0 radical (unpaired) electrons. The van der Waals surface area contributed by atoms with Crippen LogP contribution in [0.25, 0.3) is 0 Å². The van der Waals surface area contributed by atoms with Crippen LogP contribution >= 0.6 is 0 Å². The molecule has 1 N–H and O–H groups in total. The van der Waals surface area contributed by atoms with Gasteiger partial charge in [0.1, 0.15) is 5.78 Å². The third-order valence-electron chi connectivity index (χ3n) is 6.42. The number of allylic oxidation sites excluding steroid dienone is 7. The van der Waals surface area contributed by atoms with E-state index in [0.29, 0.717) is 11.8 Å². The van der Waals surface area contributed by atoms with E-state index < -0.39 is 0 Å². The first-order valence-electron chi connectivity index (χ1n) is 12.8. The van der Waals surface area contributed by atoms with Gasteiger partial charge in [0.05, 0.1) is 6.04 Å². The highest BCUT2D eigenvalue weighted by atomic mass is 16.1. The standard InChI is InChI=1S/C29H50N2O/c1-8-12-28-29(27(7)32)31(22-20-30-28)21-19-26(6)18-11-17-25(5)16-10-15-24(4)14-9-13-23(2)3/h13,15,17,19,28-30H,8-12,14,16,18,20-22H2,1-7H3/b24-15+,25-17+,26-19+. The van der Waals surface area contributed by atoms with Crippen LogP contribution in [0.4, 0.5) is 0 Å². The summed E-state index contributed by atoms with van der Waals surface area (Å²) in [5, 5.41) is 3.56. The predicted molar refractivity (Wildman–Crippen MR) is 141 cm³/mol. The molecule has 1 aliphatic rings. The molecule has 0 amide bonds. The molecule has 0 bridgehead atoms. The highest BCUT2D eigenvalue weighted by Gasteiger charge is 2.33. The van der Waals surface area contributed by atoms with Crippen LogP contribution in [0.1, 0.15) is 99.8 Å². The van der Waals surface area contributed by atoms with E-state index in [-0.39, 0.29) is 6.04 Å². The molecule has 1 heterocycles. The maximum Gasteiger partial charge on any atom is 0.148 e. The van der Waals surface area contributed by atoms with E-state index in [4.69, 9.17) is 0 Å². The molecule has 0 aliphatic carbocycles. The molecule has 1 saturated heterocycles. The van der Waals surface area contributed by atoms with Crippen LogP contribution in [0.2, 0.25) is 0 Å². The minimum Gasteiger partial charge on any atom is -0.311 e. The summed E-state index contributed by atoms with van der Waals surface area (Å²) in [6.07, 6.45) is 18.5. The van der Waals surface area contributed by atoms with Gasteiger partial charge in [0.25, 0.3) is 0 Å². The van der Waals surface area contributed by atoms with Crippen LogP contribution in [-0.4, -0.2) is 42.4 Å². The Labute approximate surface area is 199 Å². The number of ketones is 1. The first-order valence-corrected chi connectivity index (χ1v) is 12.8. The van der Waals surface area contributed by atoms with Crippen molar-refractivity contribution >= 4 is 5.78 Å². The Kier molecular flexibility index (Phi) is 14.5. The van der Waals surface area contributed by atoms with Crippen molar-refractivity contribution in [1.29, 1.82) is 0 Å².